The Bertz CT molecular complexity index is 1740. The van der Waals surface area contributed by atoms with E-state index in [1.807, 2.05) is 13.8 Å². The highest BCUT2D eigenvalue weighted by atomic mass is 32.2. The maximum absolute atomic E-state index is 14.4. The minimum absolute atomic E-state index is 0.0393. The molecular formula is C33H46N4O9S2. The van der Waals surface area contributed by atoms with Gasteiger partial charge in [-0.1, -0.05) is 30.3 Å². The van der Waals surface area contributed by atoms with Crippen molar-refractivity contribution in [3.05, 3.63) is 65.5 Å². The molecule has 1 aromatic heterocycles. The Kier molecular flexibility index (Phi) is 12.3. The van der Waals surface area contributed by atoms with Crippen LogP contribution in [0.5, 0.6) is 5.75 Å². The van der Waals surface area contributed by atoms with Gasteiger partial charge in [0, 0.05) is 38.3 Å². The standard InChI is InChI=1S/C33H46N4O9S2/c1-22-19-37(23(2)21-38)33(39)29-18-27(35-47(40,41)32-25(4)34-46-26(32)5)15-16-30(29)45-24(3)12-10-11-17-44-31(22)20-36(6)48(42,43)28-13-8-7-9-14-28/h7-9,13-16,18,22-24,31,35,38H,10-12,17,19-21H2,1-6H3/t22-,23+,24+,31+/m0/s1. The zero-order valence-corrected chi connectivity index (χ0v) is 29.9. The van der Waals surface area contributed by atoms with Crippen molar-refractivity contribution >= 4 is 31.6 Å². The molecule has 15 heteroatoms. The van der Waals surface area contributed by atoms with Crippen molar-refractivity contribution < 1.29 is 40.7 Å². The molecule has 0 fully saturated rings. The number of nitrogens with zero attached hydrogens (tertiary/aromatic N) is 3. The summed E-state index contributed by atoms with van der Waals surface area (Å²) in [6.07, 6.45) is 1.24. The number of carbonyl (C=O) groups is 1. The molecule has 4 rings (SSSR count). The molecule has 2 aromatic carbocycles. The molecule has 264 valence electrons. The van der Waals surface area contributed by atoms with Crippen molar-refractivity contribution in [1.29, 1.82) is 0 Å². The van der Waals surface area contributed by atoms with E-state index in [9.17, 15) is 26.7 Å². The summed E-state index contributed by atoms with van der Waals surface area (Å²) in [7, 11) is -6.41. The Balaban J connectivity index is 1.69. The Morgan fingerprint density at radius 1 is 1.08 bits per heavy atom. The third kappa shape index (κ3) is 8.74. The predicted octanol–water partition coefficient (Wildman–Crippen LogP) is 4.21. The fourth-order valence-electron chi connectivity index (χ4n) is 5.64. The number of ether oxygens (including phenoxy) is 2. The topological polar surface area (TPSA) is 169 Å². The van der Waals surface area contributed by atoms with Gasteiger partial charge in [-0.25, -0.2) is 16.8 Å². The van der Waals surface area contributed by atoms with Gasteiger partial charge in [-0.05, 0) is 77.3 Å². The quantitative estimate of drug-likeness (QED) is 0.329. The Morgan fingerprint density at radius 3 is 2.44 bits per heavy atom. The molecule has 13 nitrogen and oxygen atoms in total. The Hall–Kier alpha value is -3.50. The van der Waals surface area contributed by atoms with Gasteiger partial charge in [0.05, 0.1) is 35.3 Å². The lowest BCUT2D eigenvalue weighted by atomic mass is 10.0. The summed E-state index contributed by atoms with van der Waals surface area (Å²) in [4.78, 5) is 15.9. The van der Waals surface area contributed by atoms with Crippen LogP contribution < -0.4 is 9.46 Å². The van der Waals surface area contributed by atoms with E-state index in [0.717, 1.165) is 6.42 Å². The van der Waals surface area contributed by atoms with Gasteiger partial charge in [0.15, 0.2) is 10.7 Å². The number of fused-ring (bicyclic) bond motifs is 1. The number of amides is 1. The summed E-state index contributed by atoms with van der Waals surface area (Å²) in [6, 6.07) is 12.0. The fraction of sp³-hybridized carbons (Fsp3) is 0.515. The molecule has 0 unspecified atom stereocenters. The van der Waals surface area contributed by atoms with E-state index in [2.05, 4.69) is 9.88 Å². The van der Waals surface area contributed by atoms with Gasteiger partial charge < -0.3 is 24.0 Å². The first-order valence-corrected chi connectivity index (χ1v) is 18.9. The molecule has 0 spiro atoms. The van der Waals surface area contributed by atoms with Gasteiger partial charge in [0.2, 0.25) is 10.0 Å². The Morgan fingerprint density at radius 2 is 1.79 bits per heavy atom. The van der Waals surface area contributed by atoms with Gasteiger partial charge in [-0.3, -0.25) is 9.52 Å². The number of aliphatic hydroxyl groups excluding tert-OH is 1. The second-order valence-corrected chi connectivity index (χ2v) is 16.0. The molecular weight excluding hydrogens is 661 g/mol. The van der Waals surface area contributed by atoms with Crippen molar-refractivity contribution in [2.45, 2.75) is 81.9 Å². The van der Waals surface area contributed by atoms with Crippen LogP contribution >= 0.6 is 0 Å². The number of nitrogens with one attached hydrogen (secondary N) is 1. The number of sulfonamides is 2. The lowest BCUT2D eigenvalue weighted by Crippen LogP contribution is -2.48. The fourth-order valence-corrected chi connectivity index (χ4v) is 8.22. The third-order valence-electron chi connectivity index (χ3n) is 8.43. The van der Waals surface area contributed by atoms with Crippen molar-refractivity contribution in [2.24, 2.45) is 5.92 Å². The SMILES string of the molecule is Cc1noc(C)c1S(=O)(=O)Nc1ccc2c(c1)C(=O)N([C@H](C)CO)C[C@H](C)[C@@H](CN(C)S(=O)(=O)c1ccccc1)OCCCC[C@@H](C)O2. The molecule has 0 saturated carbocycles. The number of rotatable bonds is 9. The monoisotopic (exact) mass is 706 g/mol. The van der Waals surface area contributed by atoms with Crippen LogP contribution in [0.15, 0.2) is 62.8 Å². The van der Waals surface area contributed by atoms with Crippen LogP contribution in [0, 0.1) is 19.8 Å². The summed E-state index contributed by atoms with van der Waals surface area (Å²) in [5, 5.41) is 14.0. The van der Waals surface area contributed by atoms with Crippen LogP contribution in [0.3, 0.4) is 0 Å². The number of aromatic nitrogens is 1. The van der Waals surface area contributed by atoms with Crippen LogP contribution in [-0.4, -0.2) is 93.8 Å². The lowest BCUT2D eigenvalue weighted by molar-refractivity contribution is -0.00833. The van der Waals surface area contributed by atoms with E-state index in [1.165, 1.54) is 54.4 Å². The lowest BCUT2D eigenvalue weighted by Gasteiger charge is -2.35. The number of aryl methyl sites for hydroxylation is 2. The molecule has 0 bridgehead atoms. The van der Waals surface area contributed by atoms with E-state index < -0.39 is 38.1 Å². The molecule has 2 N–H and O–H groups in total. The molecule has 0 aliphatic carbocycles. The first-order valence-electron chi connectivity index (χ1n) is 16.0. The molecule has 2 heterocycles. The molecule has 1 aliphatic heterocycles. The maximum atomic E-state index is 14.4. The first-order chi connectivity index (χ1) is 22.6. The number of benzene rings is 2. The normalized spacial score (nSPS) is 20.9. The maximum Gasteiger partial charge on any atom is 0.267 e. The smallest absolute Gasteiger partial charge is 0.267 e. The van der Waals surface area contributed by atoms with Gasteiger partial charge in [-0.2, -0.15) is 4.31 Å². The minimum Gasteiger partial charge on any atom is -0.490 e. The van der Waals surface area contributed by atoms with E-state index in [1.54, 1.807) is 31.2 Å². The van der Waals surface area contributed by atoms with Crippen LogP contribution in [0.25, 0.3) is 0 Å². The highest BCUT2D eigenvalue weighted by Gasteiger charge is 2.33. The van der Waals surface area contributed by atoms with Crippen molar-refractivity contribution in [3.63, 3.8) is 0 Å². The highest BCUT2D eigenvalue weighted by Crippen LogP contribution is 2.30. The number of hydrogen-bond acceptors (Lipinski definition) is 10. The molecule has 3 aromatic rings. The zero-order chi connectivity index (χ0) is 35.2. The first kappa shape index (κ1) is 37.3. The average molecular weight is 707 g/mol. The Labute approximate surface area is 283 Å². The largest absolute Gasteiger partial charge is 0.490 e. The minimum atomic E-state index is -4.11. The zero-order valence-electron chi connectivity index (χ0n) is 28.2. The number of likely N-dealkylation sites (N-methyl/N-ethyl adjacent to an activating group) is 1. The van der Waals surface area contributed by atoms with E-state index in [0.29, 0.717) is 19.4 Å². The summed E-state index contributed by atoms with van der Waals surface area (Å²) >= 11 is 0. The molecule has 1 aliphatic rings. The van der Waals surface area contributed by atoms with E-state index >= 15 is 0 Å². The third-order valence-corrected chi connectivity index (χ3v) is 11.9. The summed E-state index contributed by atoms with van der Waals surface area (Å²) in [5.74, 6) is -0.467. The number of hydrogen-bond donors (Lipinski definition) is 2. The summed E-state index contributed by atoms with van der Waals surface area (Å²) in [5.41, 5.74) is 0.423. The number of anilines is 1. The number of carbonyl (C=O) groups excluding carboxylic acids is 1. The van der Waals surface area contributed by atoms with Gasteiger partial charge in [-0.15, -0.1) is 0 Å². The predicted molar refractivity (Wildman–Crippen MR) is 180 cm³/mol. The van der Waals surface area contributed by atoms with Crippen molar-refractivity contribution in [1.82, 2.24) is 14.4 Å². The second kappa shape index (κ2) is 15.8. The molecule has 4 atom stereocenters. The van der Waals surface area contributed by atoms with E-state index in [4.69, 9.17) is 14.0 Å². The van der Waals surface area contributed by atoms with Gasteiger partial charge >= 0.3 is 0 Å². The molecule has 0 saturated heterocycles. The summed E-state index contributed by atoms with van der Waals surface area (Å²) < 4.78 is 74.7. The molecule has 48 heavy (non-hydrogen) atoms. The van der Waals surface area contributed by atoms with Crippen LogP contribution in [0.4, 0.5) is 5.69 Å². The molecule has 1 amide bonds. The van der Waals surface area contributed by atoms with Crippen LogP contribution in [0.2, 0.25) is 0 Å². The van der Waals surface area contributed by atoms with Crippen LogP contribution in [-0.2, 0) is 24.8 Å². The van der Waals surface area contributed by atoms with E-state index in [-0.39, 0.29) is 70.0 Å². The highest BCUT2D eigenvalue weighted by molar-refractivity contribution is 7.92. The number of aliphatic hydroxyl groups is 1. The van der Waals surface area contributed by atoms with Gasteiger partial charge in [0.25, 0.3) is 15.9 Å². The van der Waals surface area contributed by atoms with Gasteiger partial charge in [0.1, 0.15) is 11.4 Å². The second-order valence-electron chi connectivity index (χ2n) is 12.4. The van der Waals surface area contributed by atoms with Crippen molar-refractivity contribution in [3.8, 4) is 5.75 Å². The molecule has 0 radical (unpaired) electrons. The van der Waals surface area contributed by atoms with Crippen LogP contribution in [0.1, 0.15) is 61.8 Å². The summed E-state index contributed by atoms with van der Waals surface area (Å²) in [6.45, 7) is 8.66. The van der Waals surface area contributed by atoms with Crippen molar-refractivity contribution in [2.75, 3.05) is 38.1 Å². The average Bonchev–Trinajstić information content (AvgIpc) is 3.40.